The summed E-state index contributed by atoms with van der Waals surface area (Å²) in [6.07, 6.45) is 1.80. The average Bonchev–Trinajstić information content (AvgIpc) is 2.21. The molecule has 0 amide bonds. The Balaban J connectivity index is 2.34. The minimum Gasteiger partial charge on any atom is -0.397 e. The van der Waals surface area contributed by atoms with Crippen molar-refractivity contribution in [3.8, 4) is 0 Å². The molecule has 0 bridgehead atoms. The summed E-state index contributed by atoms with van der Waals surface area (Å²) >= 11 is 5.83. The minimum atomic E-state index is -3.11. The van der Waals surface area contributed by atoms with Crippen molar-refractivity contribution >= 4 is 33.0 Å². The Morgan fingerprint density at radius 3 is 2.71 bits per heavy atom. The van der Waals surface area contributed by atoms with E-state index in [2.05, 4.69) is 10.0 Å². The summed E-state index contributed by atoms with van der Waals surface area (Å²) in [5.41, 5.74) is 7.12. The number of nitrogens with two attached hydrogens (primary N) is 1. The van der Waals surface area contributed by atoms with E-state index in [0.717, 1.165) is 11.9 Å². The Kier molecular flexibility index (Phi) is 5.04. The molecule has 0 atom stereocenters. The number of benzene rings is 1. The van der Waals surface area contributed by atoms with Gasteiger partial charge in [-0.25, -0.2) is 13.1 Å². The zero-order valence-electron chi connectivity index (χ0n) is 9.53. The molecule has 0 spiro atoms. The highest BCUT2D eigenvalue weighted by Gasteiger charge is 2.01. The molecule has 0 fully saturated rings. The Morgan fingerprint density at radius 1 is 1.35 bits per heavy atom. The van der Waals surface area contributed by atoms with Crippen molar-refractivity contribution in [2.75, 3.05) is 30.4 Å². The van der Waals surface area contributed by atoms with E-state index in [1.165, 1.54) is 0 Å². The van der Waals surface area contributed by atoms with Crippen molar-refractivity contribution in [2.45, 2.75) is 6.42 Å². The van der Waals surface area contributed by atoms with Gasteiger partial charge in [-0.15, -0.1) is 0 Å². The zero-order valence-corrected chi connectivity index (χ0v) is 11.1. The van der Waals surface area contributed by atoms with Crippen LogP contribution >= 0.6 is 11.6 Å². The normalized spacial score (nSPS) is 11.4. The lowest BCUT2D eigenvalue weighted by Crippen LogP contribution is -2.24. The number of nitrogens with one attached hydrogen (secondary N) is 2. The summed E-state index contributed by atoms with van der Waals surface area (Å²) in [4.78, 5) is 0. The predicted molar refractivity (Wildman–Crippen MR) is 71.8 cm³/mol. The predicted octanol–water partition coefficient (Wildman–Crippen LogP) is 1.27. The lowest BCUT2D eigenvalue weighted by molar-refractivity contribution is 0.586. The zero-order chi connectivity index (χ0) is 12.9. The van der Waals surface area contributed by atoms with Crippen LogP contribution in [0.3, 0.4) is 0 Å². The molecule has 0 unspecified atom stereocenters. The monoisotopic (exact) mass is 277 g/mol. The first-order valence-electron chi connectivity index (χ1n) is 5.12. The molecule has 0 radical (unpaired) electrons. The molecule has 1 aromatic rings. The number of hydrogen-bond acceptors (Lipinski definition) is 4. The maximum atomic E-state index is 10.8. The number of anilines is 2. The molecule has 1 aromatic carbocycles. The fourth-order valence-electron chi connectivity index (χ4n) is 1.25. The molecule has 17 heavy (non-hydrogen) atoms. The van der Waals surface area contributed by atoms with Crippen molar-refractivity contribution < 1.29 is 8.42 Å². The van der Waals surface area contributed by atoms with Crippen molar-refractivity contribution in [3.05, 3.63) is 23.2 Å². The molecule has 0 saturated carbocycles. The van der Waals surface area contributed by atoms with E-state index >= 15 is 0 Å². The second kappa shape index (κ2) is 6.09. The molecule has 0 aliphatic carbocycles. The summed E-state index contributed by atoms with van der Waals surface area (Å²) in [5, 5.41) is 3.70. The molecule has 0 aliphatic heterocycles. The van der Waals surface area contributed by atoms with Gasteiger partial charge in [0.15, 0.2) is 0 Å². The maximum absolute atomic E-state index is 10.8. The van der Waals surface area contributed by atoms with Gasteiger partial charge in [0.1, 0.15) is 0 Å². The van der Waals surface area contributed by atoms with Gasteiger partial charge in [-0.05, 0) is 24.6 Å². The van der Waals surface area contributed by atoms with Crippen LogP contribution in [-0.4, -0.2) is 27.8 Å². The SMILES string of the molecule is CS(=O)(=O)NCCCNc1cc(Cl)ccc1N. The Bertz CT molecular complexity index is 476. The number of sulfonamides is 1. The molecule has 0 heterocycles. The van der Waals surface area contributed by atoms with Crippen LogP contribution in [0, 0.1) is 0 Å². The van der Waals surface area contributed by atoms with Gasteiger partial charge < -0.3 is 11.1 Å². The van der Waals surface area contributed by atoms with Crippen molar-refractivity contribution in [3.63, 3.8) is 0 Å². The van der Waals surface area contributed by atoms with E-state index in [1.807, 2.05) is 0 Å². The van der Waals surface area contributed by atoms with Crippen molar-refractivity contribution in [1.82, 2.24) is 4.72 Å². The van der Waals surface area contributed by atoms with Gasteiger partial charge >= 0.3 is 0 Å². The molecule has 7 heteroatoms. The number of hydrogen-bond donors (Lipinski definition) is 3. The first kappa shape index (κ1) is 14.1. The number of rotatable bonds is 6. The van der Waals surface area contributed by atoms with Gasteiger partial charge in [0, 0.05) is 18.1 Å². The van der Waals surface area contributed by atoms with Crippen LogP contribution in [-0.2, 0) is 10.0 Å². The van der Waals surface area contributed by atoms with Gasteiger partial charge in [-0.1, -0.05) is 11.6 Å². The number of halogens is 1. The lowest BCUT2D eigenvalue weighted by atomic mass is 10.2. The third kappa shape index (κ3) is 5.76. The van der Waals surface area contributed by atoms with E-state index in [-0.39, 0.29) is 0 Å². The smallest absolute Gasteiger partial charge is 0.208 e. The summed E-state index contributed by atoms with van der Waals surface area (Å²) in [6, 6.07) is 5.17. The highest BCUT2D eigenvalue weighted by atomic mass is 35.5. The summed E-state index contributed by atoms with van der Waals surface area (Å²) in [5.74, 6) is 0. The van der Waals surface area contributed by atoms with Gasteiger partial charge in [0.25, 0.3) is 0 Å². The number of nitrogen functional groups attached to an aromatic ring is 1. The van der Waals surface area contributed by atoms with E-state index in [1.54, 1.807) is 18.2 Å². The first-order chi connectivity index (χ1) is 7.88. The van der Waals surface area contributed by atoms with Crippen LogP contribution in [0.25, 0.3) is 0 Å². The van der Waals surface area contributed by atoms with E-state index in [0.29, 0.717) is 30.2 Å². The maximum Gasteiger partial charge on any atom is 0.208 e. The molecule has 5 nitrogen and oxygen atoms in total. The fraction of sp³-hybridized carbons (Fsp3) is 0.400. The largest absolute Gasteiger partial charge is 0.397 e. The Morgan fingerprint density at radius 2 is 2.06 bits per heavy atom. The van der Waals surface area contributed by atoms with Crippen LogP contribution in [0.5, 0.6) is 0 Å². The molecule has 4 N–H and O–H groups in total. The highest BCUT2D eigenvalue weighted by Crippen LogP contribution is 2.22. The highest BCUT2D eigenvalue weighted by molar-refractivity contribution is 7.88. The second-order valence-corrected chi connectivity index (χ2v) is 5.95. The lowest BCUT2D eigenvalue weighted by Gasteiger charge is -2.09. The van der Waals surface area contributed by atoms with E-state index < -0.39 is 10.0 Å². The topological polar surface area (TPSA) is 84.2 Å². The first-order valence-corrected chi connectivity index (χ1v) is 7.39. The van der Waals surface area contributed by atoms with Crippen LogP contribution in [0.2, 0.25) is 5.02 Å². The van der Waals surface area contributed by atoms with Gasteiger partial charge in [-0.2, -0.15) is 0 Å². The van der Waals surface area contributed by atoms with E-state index in [4.69, 9.17) is 17.3 Å². The quantitative estimate of drug-likeness (QED) is 0.540. The Labute approximate surface area is 106 Å². The standard InChI is InChI=1S/C10H16ClN3O2S/c1-17(15,16)14-6-2-5-13-10-7-8(11)3-4-9(10)12/h3-4,7,13-14H,2,5-6,12H2,1H3. The summed E-state index contributed by atoms with van der Waals surface area (Å²) in [7, 11) is -3.11. The van der Waals surface area contributed by atoms with Gasteiger partial charge in [-0.3, -0.25) is 0 Å². The molecule has 0 aliphatic rings. The molecule has 96 valence electrons. The second-order valence-electron chi connectivity index (χ2n) is 3.68. The van der Waals surface area contributed by atoms with Crippen LogP contribution in [0.15, 0.2) is 18.2 Å². The molecular formula is C10H16ClN3O2S. The Hall–Kier alpha value is -0.980. The van der Waals surface area contributed by atoms with Gasteiger partial charge in [0.05, 0.1) is 17.6 Å². The molecule has 1 rings (SSSR count). The fourth-order valence-corrected chi connectivity index (χ4v) is 1.94. The summed E-state index contributed by atoms with van der Waals surface area (Å²) < 4.78 is 24.0. The molecule has 0 saturated heterocycles. The van der Waals surface area contributed by atoms with E-state index in [9.17, 15) is 8.42 Å². The van der Waals surface area contributed by atoms with Crippen LogP contribution in [0.4, 0.5) is 11.4 Å². The van der Waals surface area contributed by atoms with Gasteiger partial charge in [0.2, 0.25) is 10.0 Å². The van der Waals surface area contributed by atoms with Crippen molar-refractivity contribution in [2.24, 2.45) is 0 Å². The van der Waals surface area contributed by atoms with Crippen molar-refractivity contribution in [1.29, 1.82) is 0 Å². The minimum absolute atomic E-state index is 0.395. The third-order valence-electron chi connectivity index (χ3n) is 2.05. The molecule has 0 aromatic heterocycles. The summed E-state index contributed by atoms with van der Waals surface area (Å²) in [6.45, 7) is 1.01. The third-order valence-corrected chi connectivity index (χ3v) is 3.01. The van der Waals surface area contributed by atoms with Crippen LogP contribution in [0.1, 0.15) is 6.42 Å². The average molecular weight is 278 g/mol. The molecular weight excluding hydrogens is 262 g/mol. The van der Waals surface area contributed by atoms with Crippen LogP contribution < -0.4 is 15.8 Å².